The van der Waals surface area contributed by atoms with Gasteiger partial charge in [-0.25, -0.2) is 39.9 Å². The van der Waals surface area contributed by atoms with Crippen LogP contribution in [0.25, 0.3) is 136 Å². The highest BCUT2D eigenvalue weighted by molar-refractivity contribution is 5.82. The molecule has 0 radical (unpaired) electrons. The summed E-state index contributed by atoms with van der Waals surface area (Å²) in [6, 6.07) is 83.1. The summed E-state index contributed by atoms with van der Waals surface area (Å²) in [7, 11) is 0. The molecule has 14 heteroatoms. The molecule has 1 aliphatic rings. The molecular formula is C82H68N13O+. The maximum Gasteiger partial charge on any atom is 0.293 e. The van der Waals surface area contributed by atoms with E-state index in [1.807, 2.05) is 146 Å². The summed E-state index contributed by atoms with van der Waals surface area (Å²) in [5.41, 5.74) is 20.1. The van der Waals surface area contributed by atoms with Crippen molar-refractivity contribution in [1.82, 2.24) is 59.8 Å². The molecule has 15 aromatic rings. The summed E-state index contributed by atoms with van der Waals surface area (Å²) < 4.78 is 7.59. The minimum Gasteiger partial charge on any atom is -0.429 e. The molecule has 0 spiro atoms. The summed E-state index contributed by atoms with van der Waals surface area (Å²) in [4.78, 5) is 57.1. The number of aryl methyl sites for hydroxylation is 4. The van der Waals surface area contributed by atoms with Crippen LogP contribution in [-0.2, 0) is 6.73 Å². The van der Waals surface area contributed by atoms with E-state index in [4.69, 9.17) is 44.6 Å². The Bertz CT molecular complexity index is 4560. The molecule has 0 aliphatic carbocycles. The quantitative estimate of drug-likeness (QED) is 0.112. The Hall–Kier alpha value is -12.6. The molecule has 0 N–H and O–H groups in total. The molecule has 14 nitrogen and oxygen atoms in total. The third-order valence-electron chi connectivity index (χ3n) is 15.8. The normalized spacial score (nSPS) is 11.0. The van der Waals surface area contributed by atoms with E-state index >= 15 is 0 Å². The summed E-state index contributed by atoms with van der Waals surface area (Å²) in [5.74, 6) is 4.04. The topological polar surface area (TPSA) is 168 Å². The second-order valence-corrected chi connectivity index (χ2v) is 22.7. The summed E-state index contributed by atoms with van der Waals surface area (Å²) >= 11 is 0. The highest BCUT2D eigenvalue weighted by atomic mass is 16.5. The van der Waals surface area contributed by atoms with Crippen molar-refractivity contribution in [2.75, 3.05) is 0 Å². The zero-order chi connectivity index (χ0) is 63.7. The number of benzene rings is 6. The van der Waals surface area contributed by atoms with Gasteiger partial charge in [-0.1, -0.05) is 189 Å². The van der Waals surface area contributed by atoms with Crippen LogP contribution in [-0.4, -0.2) is 59.8 Å². The summed E-state index contributed by atoms with van der Waals surface area (Å²) in [6.07, 6.45) is 9.18. The fourth-order valence-electron chi connectivity index (χ4n) is 10.8. The Balaban J connectivity index is 0.000000153. The van der Waals surface area contributed by atoms with Gasteiger partial charge in [0.15, 0.2) is 35.2 Å². The molecule has 466 valence electrons. The highest BCUT2D eigenvalue weighted by Crippen LogP contribution is 2.35. The average molecular weight is 1250 g/mol. The molecule has 0 fully saturated rings. The largest absolute Gasteiger partial charge is 0.429 e. The number of para-hydroxylation sites is 1. The van der Waals surface area contributed by atoms with Crippen LogP contribution in [0.4, 0.5) is 0 Å². The maximum atomic E-state index is 5.48. The van der Waals surface area contributed by atoms with Crippen LogP contribution in [0.3, 0.4) is 0 Å². The zero-order valence-electron chi connectivity index (χ0n) is 52.0. The van der Waals surface area contributed by atoms with Gasteiger partial charge in [0.25, 0.3) is 12.2 Å². The number of rotatable bonds is 11. The molecule has 0 bridgehead atoms. The fourth-order valence-corrected chi connectivity index (χ4v) is 10.8. The summed E-state index contributed by atoms with van der Waals surface area (Å²) in [6.45, 7) is 8.89. The van der Waals surface area contributed by atoms with Gasteiger partial charge in [-0.3, -0.25) is 19.9 Å². The van der Waals surface area contributed by atoms with E-state index in [1.165, 1.54) is 33.2 Å². The second-order valence-electron chi connectivity index (χ2n) is 22.7. The second kappa shape index (κ2) is 29.0. The van der Waals surface area contributed by atoms with Crippen LogP contribution in [0.2, 0.25) is 0 Å². The number of pyridine rings is 7. The lowest BCUT2D eigenvalue weighted by molar-refractivity contribution is -0.688. The van der Waals surface area contributed by atoms with E-state index in [1.54, 1.807) is 24.8 Å². The highest BCUT2D eigenvalue weighted by Gasteiger charge is 2.22. The van der Waals surface area contributed by atoms with Gasteiger partial charge < -0.3 is 4.74 Å². The van der Waals surface area contributed by atoms with Crippen LogP contribution in [0.5, 0.6) is 5.75 Å². The van der Waals surface area contributed by atoms with Gasteiger partial charge in [0.2, 0.25) is 11.6 Å². The first kappa shape index (κ1) is 63.6. The van der Waals surface area contributed by atoms with Crippen molar-refractivity contribution in [3.8, 4) is 131 Å². The van der Waals surface area contributed by atoms with Gasteiger partial charge in [0, 0.05) is 53.1 Å². The van der Waals surface area contributed by atoms with Crippen molar-refractivity contribution in [1.29, 1.82) is 0 Å². The van der Waals surface area contributed by atoms with Gasteiger partial charge in [-0.15, -0.1) is 0 Å². The van der Waals surface area contributed by atoms with Crippen molar-refractivity contribution in [3.63, 3.8) is 0 Å². The Labute approximate surface area is 559 Å². The Kier molecular flexibility index (Phi) is 19.2. The molecule has 16 rings (SSSR count). The van der Waals surface area contributed by atoms with Crippen molar-refractivity contribution in [2.45, 2.75) is 49.3 Å². The molecule has 6 aromatic carbocycles. The van der Waals surface area contributed by atoms with Crippen LogP contribution < -0.4 is 9.30 Å². The van der Waals surface area contributed by atoms with Gasteiger partial charge >= 0.3 is 0 Å². The third kappa shape index (κ3) is 14.5. The predicted molar refractivity (Wildman–Crippen MR) is 383 cm³/mol. The first-order valence-corrected chi connectivity index (χ1v) is 30.8. The van der Waals surface area contributed by atoms with E-state index in [2.05, 4.69) is 161 Å². The molecule has 1 aliphatic heterocycles. The van der Waals surface area contributed by atoms with Crippen molar-refractivity contribution < 1.29 is 9.30 Å². The molecule has 0 unspecified atom stereocenters. The molecule has 9 aromatic heterocycles. The van der Waals surface area contributed by atoms with Crippen molar-refractivity contribution in [2.24, 2.45) is 0 Å². The lowest BCUT2D eigenvalue weighted by Gasteiger charge is -2.11. The van der Waals surface area contributed by atoms with E-state index in [-0.39, 0.29) is 14.9 Å². The molecule has 0 atom stereocenters. The molecule has 0 saturated heterocycles. The Morgan fingerprint density at radius 1 is 0.271 bits per heavy atom. The number of nitrogens with zero attached hydrogens (tertiary/aromatic N) is 13. The molecule has 96 heavy (non-hydrogen) atoms. The molecular weight excluding hydrogens is 1180 g/mol. The predicted octanol–water partition coefficient (Wildman–Crippen LogP) is 18.4. The van der Waals surface area contributed by atoms with Gasteiger partial charge in [0.05, 0.1) is 50.9 Å². The lowest BCUT2D eigenvalue weighted by atomic mass is 9.98. The first-order valence-electron chi connectivity index (χ1n) is 30.8. The van der Waals surface area contributed by atoms with Crippen molar-refractivity contribution in [3.05, 3.63) is 302 Å². The van der Waals surface area contributed by atoms with Gasteiger partial charge in [0.1, 0.15) is 0 Å². The Morgan fingerprint density at radius 2 is 0.573 bits per heavy atom. The maximum absolute atomic E-state index is 5.48. The lowest BCUT2D eigenvalue weighted by Crippen LogP contribution is -2.31. The molecule has 10 heterocycles. The van der Waals surface area contributed by atoms with Gasteiger partial charge in [-0.05, 0) is 141 Å². The minimum absolute atomic E-state index is 0. The fraction of sp³-hybridized carbons (Fsp3) is 0.0854. The van der Waals surface area contributed by atoms with E-state index in [0.29, 0.717) is 41.7 Å². The van der Waals surface area contributed by atoms with E-state index in [9.17, 15) is 0 Å². The SMILES string of the molecule is C.C.Cc1ccc(-c2nc(-c3ccc(C)cc3)nc(-c3nc(-c4ccc(C)cc4)nc(-c4ccc(C)cc4)n3)n2)cc1.c1cc2c3c(c1)ccc[n+]3CO2.c1ccc(-c2cc(-c3ccc(-c4cc(-c5ccccn5)nc(-c5ccccn5)c4)cc3)cc(-c3ccccn3)n2)nc1. The number of ether oxygens (including phenoxy) is 1. The third-order valence-corrected chi connectivity index (χ3v) is 15.8. The summed E-state index contributed by atoms with van der Waals surface area (Å²) in [5, 5.41) is 1.24. The smallest absolute Gasteiger partial charge is 0.293 e. The van der Waals surface area contributed by atoms with E-state index in [0.717, 1.165) is 95.8 Å². The first-order chi connectivity index (χ1) is 46.2. The van der Waals surface area contributed by atoms with E-state index < -0.39 is 0 Å². The Morgan fingerprint density at radius 3 is 0.885 bits per heavy atom. The number of aromatic nitrogens is 13. The molecule has 0 saturated carbocycles. The average Bonchev–Trinajstić information content (AvgIpc) is 1.66. The monoisotopic (exact) mass is 1250 g/mol. The van der Waals surface area contributed by atoms with Crippen LogP contribution >= 0.6 is 0 Å². The number of hydrogen-bond acceptors (Lipinski definition) is 13. The minimum atomic E-state index is 0. The number of hydrogen-bond donors (Lipinski definition) is 0. The van der Waals surface area contributed by atoms with Crippen LogP contribution in [0, 0.1) is 27.7 Å². The van der Waals surface area contributed by atoms with Crippen LogP contribution in [0.1, 0.15) is 37.1 Å². The van der Waals surface area contributed by atoms with Gasteiger partial charge in [-0.2, -0.15) is 4.57 Å². The standard InChI is InChI=1S/C36H24N6.C34H28N6.C10H8NO.2CH4/c1-5-17-37-29(9-1)33-21-27(22-34(41-33)30-10-2-6-18-38-30)25-13-15-26(16-14-25)28-23-35(31-11-3-7-19-39-31)42-36(24-28)32-12-4-8-20-40-32;1-21-5-13-25(14-6-21)29-35-30(26-15-7-22(2)8-16-26)38-33(37-29)34-39-31(27-17-9-23(3)10-18-27)36-32(40-34)28-19-11-24(4)12-20-28;1-3-8-4-2-6-11-7-12-9(5-1)10(8)11;;/h1-24H;5-20H,1-4H3;1-6H,7H2;2*1H4/q;;+1;;. The zero-order valence-corrected chi connectivity index (χ0v) is 52.0. The molecule has 0 amide bonds. The van der Waals surface area contributed by atoms with Crippen molar-refractivity contribution >= 4 is 10.9 Å². The van der Waals surface area contributed by atoms with Crippen LogP contribution in [0.15, 0.2) is 280 Å².